The third-order valence-electron chi connectivity index (χ3n) is 5.20. The predicted molar refractivity (Wildman–Crippen MR) is 110 cm³/mol. The molecule has 0 aromatic carbocycles. The van der Waals surface area contributed by atoms with E-state index in [1.54, 1.807) is 0 Å². The molecule has 0 radical (unpaired) electrons. The zero-order valence-corrected chi connectivity index (χ0v) is 16.9. The van der Waals surface area contributed by atoms with Gasteiger partial charge in [-0.25, -0.2) is 9.98 Å². The lowest BCUT2D eigenvalue weighted by Crippen LogP contribution is -2.48. The monoisotopic (exact) mass is 373 g/mol. The number of nitrogens with one attached hydrogen (secondary N) is 2. The molecule has 6 nitrogen and oxygen atoms in total. The standard InChI is InChI=1S/C21H35N5O/c1-3-11-26-12-8-19(9-13-26)25-21(22-4-2)24-15-18-7-10-23-20(14-18)27-16-17-5-6-17/h7,10,14,17,19H,3-6,8-9,11-13,15-16H2,1-2H3,(H2,22,24,25). The molecular formula is C21H35N5O. The summed E-state index contributed by atoms with van der Waals surface area (Å²) < 4.78 is 5.78. The number of pyridine rings is 1. The molecule has 1 saturated carbocycles. The minimum absolute atomic E-state index is 0.505. The van der Waals surface area contributed by atoms with Gasteiger partial charge in [0, 0.05) is 37.9 Å². The van der Waals surface area contributed by atoms with Gasteiger partial charge in [0.1, 0.15) is 0 Å². The van der Waals surface area contributed by atoms with E-state index in [0.29, 0.717) is 12.6 Å². The number of rotatable bonds is 9. The highest BCUT2D eigenvalue weighted by Gasteiger charge is 2.22. The van der Waals surface area contributed by atoms with Crippen molar-refractivity contribution in [1.82, 2.24) is 20.5 Å². The molecule has 1 aromatic heterocycles. The largest absolute Gasteiger partial charge is 0.477 e. The molecule has 3 rings (SSSR count). The number of ether oxygens (including phenoxy) is 1. The first-order valence-corrected chi connectivity index (χ1v) is 10.6. The van der Waals surface area contributed by atoms with Gasteiger partial charge in [0.25, 0.3) is 0 Å². The molecule has 6 heteroatoms. The Kier molecular flexibility index (Phi) is 7.75. The summed E-state index contributed by atoms with van der Waals surface area (Å²) in [6.45, 7) is 10.2. The van der Waals surface area contributed by atoms with Gasteiger partial charge in [0.05, 0.1) is 13.2 Å². The molecule has 2 heterocycles. The molecule has 1 aliphatic heterocycles. The number of piperidine rings is 1. The van der Waals surface area contributed by atoms with Crippen LogP contribution in [0, 0.1) is 5.92 Å². The van der Waals surface area contributed by atoms with Crippen molar-refractivity contribution in [2.45, 2.75) is 58.5 Å². The number of aromatic nitrogens is 1. The number of hydrogen-bond donors (Lipinski definition) is 2. The van der Waals surface area contributed by atoms with Crippen molar-refractivity contribution >= 4 is 5.96 Å². The Morgan fingerprint density at radius 2 is 2.07 bits per heavy atom. The predicted octanol–water partition coefficient (Wildman–Crippen LogP) is 2.80. The van der Waals surface area contributed by atoms with Crippen LogP contribution in [-0.2, 0) is 6.54 Å². The summed E-state index contributed by atoms with van der Waals surface area (Å²) in [5, 5.41) is 7.00. The SMILES string of the molecule is CCCN1CCC(NC(=NCc2ccnc(OCC3CC3)c2)NCC)CC1. The fourth-order valence-electron chi connectivity index (χ4n) is 3.42. The minimum atomic E-state index is 0.505. The number of guanidine groups is 1. The highest BCUT2D eigenvalue weighted by atomic mass is 16.5. The fraction of sp³-hybridized carbons (Fsp3) is 0.714. The van der Waals surface area contributed by atoms with Gasteiger partial charge >= 0.3 is 0 Å². The quantitative estimate of drug-likeness (QED) is 0.515. The van der Waals surface area contributed by atoms with Crippen LogP contribution in [0.15, 0.2) is 23.3 Å². The van der Waals surface area contributed by atoms with Gasteiger partial charge < -0.3 is 20.3 Å². The Morgan fingerprint density at radius 1 is 1.26 bits per heavy atom. The second-order valence-corrected chi connectivity index (χ2v) is 7.71. The number of likely N-dealkylation sites (tertiary alicyclic amines) is 1. The molecule has 2 N–H and O–H groups in total. The summed E-state index contributed by atoms with van der Waals surface area (Å²) in [6.07, 6.45) is 7.99. The zero-order valence-electron chi connectivity index (χ0n) is 16.9. The molecule has 2 aliphatic rings. The van der Waals surface area contributed by atoms with Gasteiger partial charge in [0.15, 0.2) is 5.96 Å². The maximum Gasteiger partial charge on any atom is 0.213 e. The second kappa shape index (κ2) is 10.5. The van der Waals surface area contributed by atoms with Crippen LogP contribution in [0.3, 0.4) is 0 Å². The molecule has 0 amide bonds. The lowest BCUT2D eigenvalue weighted by Gasteiger charge is -2.32. The topological polar surface area (TPSA) is 61.8 Å². The number of hydrogen-bond acceptors (Lipinski definition) is 4. The third-order valence-corrected chi connectivity index (χ3v) is 5.20. The molecule has 1 aromatic rings. The van der Waals surface area contributed by atoms with Crippen molar-refractivity contribution in [2.75, 3.05) is 32.8 Å². The average Bonchev–Trinajstić information content (AvgIpc) is 3.51. The van der Waals surface area contributed by atoms with Crippen LogP contribution < -0.4 is 15.4 Å². The van der Waals surface area contributed by atoms with Crippen molar-refractivity contribution in [3.63, 3.8) is 0 Å². The van der Waals surface area contributed by atoms with Crippen LogP contribution >= 0.6 is 0 Å². The summed E-state index contributed by atoms with van der Waals surface area (Å²) in [6, 6.07) is 4.53. The van der Waals surface area contributed by atoms with Crippen LogP contribution in [0.4, 0.5) is 0 Å². The van der Waals surface area contributed by atoms with Crippen molar-refractivity contribution < 1.29 is 4.74 Å². The first-order chi connectivity index (χ1) is 13.3. The van der Waals surface area contributed by atoms with Gasteiger partial charge in [-0.2, -0.15) is 0 Å². The zero-order chi connectivity index (χ0) is 18.9. The van der Waals surface area contributed by atoms with Crippen molar-refractivity contribution in [2.24, 2.45) is 10.9 Å². The molecule has 0 unspecified atom stereocenters. The number of nitrogens with zero attached hydrogens (tertiary/aromatic N) is 3. The summed E-state index contributed by atoms with van der Waals surface area (Å²) in [5.74, 6) is 2.36. The summed E-state index contributed by atoms with van der Waals surface area (Å²) in [7, 11) is 0. The van der Waals surface area contributed by atoms with Crippen molar-refractivity contribution in [3.05, 3.63) is 23.9 Å². The van der Waals surface area contributed by atoms with E-state index in [2.05, 4.69) is 34.4 Å². The van der Waals surface area contributed by atoms with E-state index in [-0.39, 0.29) is 0 Å². The first kappa shape index (κ1) is 19.9. The Labute approximate surface area is 163 Å². The Bertz CT molecular complexity index is 594. The Morgan fingerprint density at radius 3 is 2.78 bits per heavy atom. The molecule has 1 aliphatic carbocycles. The molecule has 1 saturated heterocycles. The van der Waals surface area contributed by atoms with E-state index in [1.165, 1.54) is 51.7 Å². The summed E-state index contributed by atoms with van der Waals surface area (Å²) in [4.78, 5) is 11.6. The van der Waals surface area contributed by atoms with Crippen LogP contribution in [-0.4, -0.2) is 54.7 Å². The van der Waals surface area contributed by atoms with Gasteiger partial charge in [-0.3, -0.25) is 0 Å². The molecule has 2 fully saturated rings. The van der Waals surface area contributed by atoms with E-state index in [9.17, 15) is 0 Å². The normalized spacial score (nSPS) is 19.1. The van der Waals surface area contributed by atoms with Crippen molar-refractivity contribution in [1.29, 1.82) is 0 Å². The highest BCUT2D eigenvalue weighted by Crippen LogP contribution is 2.29. The molecule has 0 bridgehead atoms. The first-order valence-electron chi connectivity index (χ1n) is 10.6. The van der Waals surface area contributed by atoms with E-state index < -0.39 is 0 Å². The fourth-order valence-corrected chi connectivity index (χ4v) is 3.42. The van der Waals surface area contributed by atoms with E-state index >= 15 is 0 Å². The molecule has 0 atom stereocenters. The van der Waals surface area contributed by atoms with Crippen LogP contribution in [0.2, 0.25) is 0 Å². The van der Waals surface area contributed by atoms with Gasteiger partial charge in [-0.1, -0.05) is 6.92 Å². The van der Waals surface area contributed by atoms with Crippen LogP contribution in [0.5, 0.6) is 5.88 Å². The lowest BCUT2D eigenvalue weighted by molar-refractivity contribution is 0.206. The van der Waals surface area contributed by atoms with E-state index in [0.717, 1.165) is 36.5 Å². The van der Waals surface area contributed by atoms with Gasteiger partial charge in [-0.05, 0) is 63.1 Å². The summed E-state index contributed by atoms with van der Waals surface area (Å²) in [5.41, 5.74) is 1.13. The highest BCUT2D eigenvalue weighted by molar-refractivity contribution is 5.80. The lowest BCUT2D eigenvalue weighted by atomic mass is 10.1. The third kappa shape index (κ3) is 7.01. The van der Waals surface area contributed by atoms with Gasteiger partial charge in [0.2, 0.25) is 5.88 Å². The van der Waals surface area contributed by atoms with Crippen LogP contribution in [0.1, 0.15) is 51.5 Å². The average molecular weight is 374 g/mol. The smallest absolute Gasteiger partial charge is 0.213 e. The maximum absolute atomic E-state index is 5.78. The molecule has 0 spiro atoms. The Balaban J connectivity index is 1.50. The second-order valence-electron chi connectivity index (χ2n) is 7.71. The molecule has 150 valence electrons. The summed E-state index contributed by atoms with van der Waals surface area (Å²) >= 11 is 0. The van der Waals surface area contributed by atoms with Crippen molar-refractivity contribution in [3.8, 4) is 5.88 Å². The van der Waals surface area contributed by atoms with Gasteiger partial charge in [-0.15, -0.1) is 0 Å². The molecule has 27 heavy (non-hydrogen) atoms. The molecular weight excluding hydrogens is 338 g/mol. The van der Waals surface area contributed by atoms with Crippen LogP contribution in [0.25, 0.3) is 0 Å². The maximum atomic E-state index is 5.78. The Hall–Kier alpha value is -1.82. The van der Waals surface area contributed by atoms with E-state index in [4.69, 9.17) is 9.73 Å². The minimum Gasteiger partial charge on any atom is -0.477 e. The number of aliphatic imine (C=N–C) groups is 1. The van der Waals surface area contributed by atoms with E-state index in [1.807, 2.05) is 18.3 Å².